The standard InChI is InChI=1S/C18H21N3O3/c1-23-15-6-3-12(9-16(15)24-2)11-20-18(22)13-7-8-19-17(10-13)21-14-4-5-14/h3,6-10,14H,4-5,11H2,1-2H3,(H,19,21)(H,20,22). The van der Waals surface area contributed by atoms with Crippen LogP contribution in [-0.2, 0) is 6.54 Å². The molecule has 1 heterocycles. The van der Waals surface area contributed by atoms with E-state index in [4.69, 9.17) is 9.47 Å². The Kier molecular flexibility index (Phi) is 4.84. The zero-order valence-corrected chi connectivity index (χ0v) is 13.8. The maximum atomic E-state index is 12.3. The summed E-state index contributed by atoms with van der Waals surface area (Å²) in [7, 11) is 3.18. The van der Waals surface area contributed by atoms with E-state index in [1.807, 2.05) is 18.2 Å². The highest BCUT2D eigenvalue weighted by atomic mass is 16.5. The summed E-state index contributed by atoms with van der Waals surface area (Å²) in [4.78, 5) is 16.6. The Labute approximate surface area is 141 Å². The number of pyridine rings is 1. The first-order valence-electron chi connectivity index (χ1n) is 7.91. The maximum Gasteiger partial charge on any atom is 0.251 e. The Bertz CT molecular complexity index is 729. The van der Waals surface area contributed by atoms with Gasteiger partial charge in [0.2, 0.25) is 0 Å². The van der Waals surface area contributed by atoms with Crippen molar-refractivity contribution in [2.75, 3.05) is 19.5 Å². The van der Waals surface area contributed by atoms with Crippen molar-refractivity contribution in [3.63, 3.8) is 0 Å². The summed E-state index contributed by atoms with van der Waals surface area (Å²) >= 11 is 0. The van der Waals surface area contributed by atoms with Crippen molar-refractivity contribution in [1.82, 2.24) is 10.3 Å². The number of rotatable bonds is 7. The van der Waals surface area contributed by atoms with Gasteiger partial charge < -0.3 is 20.1 Å². The first-order valence-corrected chi connectivity index (χ1v) is 7.91. The van der Waals surface area contributed by atoms with Gasteiger partial charge in [-0.15, -0.1) is 0 Å². The number of nitrogens with one attached hydrogen (secondary N) is 2. The molecule has 0 spiro atoms. The molecule has 1 saturated carbocycles. The van der Waals surface area contributed by atoms with Gasteiger partial charge in [0, 0.05) is 24.3 Å². The molecule has 2 aromatic rings. The van der Waals surface area contributed by atoms with Crippen molar-refractivity contribution in [2.45, 2.75) is 25.4 Å². The molecule has 0 bridgehead atoms. The molecule has 6 nitrogen and oxygen atoms in total. The Hall–Kier alpha value is -2.76. The zero-order valence-electron chi connectivity index (χ0n) is 13.8. The molecule has 24 heavy (non-hydrogen) atoms. The van der Waals surface area contributed by atoms with E-state index in [0.29, 0.717) is 29.6 Å². The predicted octanol–water partition coefficient (Wildman–Crippen LogP) is 2.60. The summed E-state index contributed by atoms with van der Waals surface area (Å²) in [5, 5.41) is 6.20. The second kappa shape index (κ2) is 7.21. The van der Waals surface area contributed by atoms with Gasteiger partial charge in [0.1, 0.15) is 5.82 Å². The van der Waals surface area contributed by atoms with Gasteiger partial charge in [0.25, 0.3) is 5.91 Å². The van der Waals surface area contributed by atoms with E-state index in [0.717, 1.165) is 24.2 Å². The van der Waals surface area contributed by atoms with Crippen LogP contribution in [0.4, 0.5) is 5.82 Å². The van der Waals surface area contributed by atoms with Gasteiger partial charge in [-0.2, -0.15) is 0 Å². The molecule has 0 atom stereocenters. The van der Waals surface area contributed by atoms with Crippen molar-refractivity contribution >= 4 is 11.7 Å². The van der Waals surface area contributed by atoms with Crippen LogP contribution in [-0.4, -0.2) is 31.2 Å². The van der Waals surface area contributed by atoms with Crippen LogP contribution in [0.5, 0.6) is 11.5 Å². The van der Waals surface area contributed by atoms with Crippen LogP contribution >= 0.6 is 0 Å². The number of hydrogen-bond donors (Lipinski definition) is 2. The number of carbonyl (C=O) groups is 1. The van der Waals surface area contributed by atoms with E-state index in [2.05, 4.69) is 15.6 Å². The summed E-state index contributed by atoms with van der Waals surface area (Å²) < 4.78 is 10.5. The van der Waals surface area contributed by atoms with Gasteiger partial charge >= 0.3 is 0 Å². The first kappa shape index (κ1) is 16.1. The molecule has 3 rings (SSSR count). The third-order valence-corrected chi connectivity index (χ3v) is 3.85. The van der Waals surface area contributed by atoms with E-state index in [1.165, 1.54) is 0 Å². The molecule has 1 aliphatic carbocycles. The normalized spacial score (nSPS) is 13.2. The fourth-order valence-corrected chi connectivity index (χ4v) is 2.36. The molecule has 1 amide bonds. The monoisotopic (exact) mass is 327 g/mol. The Balaban J connectivity index is 1.62. The van der Waals surface area contributed by atoms with Crippen LogP contribution in [0.1, 0.15) is 28.8 Å². The lowest BCUT2D eigenvalue weighted by atomic mass is 10.2. The molecule has 0 radical (unpaired) electrons. The van der Waals surface area contributed by atoms with Gasteiger partial charge in [0.15, 0.2) is 11.5 Å². The Morgan fingerprint density at radius 3 is 2.67 bits per heavy atom. The summed E-state index contributed by atoms with van der Waals surface area (Å²) in [5.41, 5.74) is 1.53. The van der Waals surface area contributed by atoms with Crippen LogP contribution in [0.2, 0.25) is 0 Å². The lowest BCUT2D eigenvalue weighted by molar-refractivity contribution is 0.0951. The fourth-order valence-electron chi connectivity index (χ4n) is 2.36. The smallest absolute Gasteiger partial charge is 0.251 e. The third kappa shape index (κ3) is 3.95. The summed E-state index contributed by atoms with van der Waals surface area (Å²) in [5.74, 6) is 1.92. The van der Waals surface area contributed by atoms with E-state index in [9.17, 15) is 4.79 Å². The summed E-state index contributed by atoms with van der Waals surface area (Å²) in [6.45, 7) is 0.410. The highest BCUT2D eigenvalue weighted by molar-refractivity contribution is 5.94. The van der Waals surface area contributed by atoms with Crippen molar-refractivity contribution < 1.29 is 14.3 Å². The topological polar surface area (TPSA) is 72.5 Å². The number of ether oxygens (including phenoxy) is 2. The van der Waals surface area contributed by atoms with Crippen molar-refractivity contribution in [3.05, 3.63) is 47.7 Å². The van der Waals surface area contributed by atoms with Gasteiger partial charge in [-0.1, -0.05) is 6.07 Å². The molecule has 1 fully saturated rings. The molecular weight excluding hydrogens is 306 g/mol. The average molecular weight is 327 g/mol. The number of amides is 1. The molecular formula is C18H21N3O3. The second-order valence-electron chi connectivity index (χ2n) is 5.72. The number of benzene rings is 1. The van der Waals surface area contributed by atoms with E-state index in [-0.39, 0.29) is 5.91 Å². The predicted molar refractivity (Wildman–Crippen MR) is 91.6 cm³/mol. The second-order valence-corrected chi connectivity index (χ2v) is 5.72. The van der Waals surface area contributed by atoms with Crippen molar-refractivity contribution in [1.29, 1.82) is 0 Å². The van der Waals surface area contributed by atoms with Crippen LogP contribution < -0.4 is 20.1 Å². The quantitative estimate of drug-likeness (QED) is 0.818. The van der Waals surface area contributed by atoms with E-state index >= 15 is 0 Å². The molecule has 0 aliphatic heterocycles. The Morgan fingerprint density at radius 1 is 1.17 bits per heavy atom. The Morgan fingerprint density at radius 2 is 1.96 bits per heavy atom. The van der Waals surface area contributed by atoms with E-state index < -0.39 is 0 Å². The first-order chi connectivity index (χ1) is 11.7. The van der Waals surface area contributed by atoms with Crippen LogP contribution in [0.15, 0.2) is 36.5 Å². The highest BCUT2D eigenvalue weighted by Gasteiger charge is 2.21. The SMILES string of the molecule is COc1ccc(CNC(=O)c2ccnc(NC3CC3)c2)cc1OC. The number of anilines is 1. The zero-order chi connectivity index (χ0) is 16.9. The minimum Gasteiger partial charge on any atom is -0.493 e. The van der Waals surface area contributed by atoms with Gasteiger partial charge in [-0.25, -0.2) is 4.98 Å². The molecule has 2 N–H and O–H groups in total. The van der Waals surface area contributed by atoms with E-state index in [1.54, 1.807) is 32.5 Å². The van der Waals surface area contributed by atoms with Crippen LogP contribution in [0.25, 0.3) is 0 Å². The third-order valence-electron chi connectivity index (χ3n) is 3.85. The fraction of sp³-hybridized carbons (Fsp3) is 0.333. The number of hydrogen-bond acceptors (Lipinski definition) is 5. The molecule has 0 unspecified atom stereocenters. The molecule has 6 heteroatoms. The summed E-state index contributed by atoms with van der Waals surface area (Å²) in [6, 6.07) is 9.57. The molecule has 126 valence electrons. The number of methoxy groups -OCH3 is 2. The number of nitrogens with zero attached hydrogens (tertiary/aromatic N) is 1. The van der Waals surface area contributed by atoms with Crippen molar-refractivity contribution in [2.24, 2.45) is 0 Å². The maximum absolute atomic E-state index is 12.3. The largest absolute Gasteiger partial charge is 0.493 e. The minimum atomic E-state index is -0.133. The molecule has 0 saturated heterocycles. The summed E-state index contributed by atoms with van der Waals surface area (Å²) in [6.07, 6.45) is 3.98. The number of aromatic nitrogens is 1. The van der Waals surface area contributed by atoms with Crippen LogP contribution in [0.3, 0.4) is 0 Å². The molecule has 1 aliphatic rings. The van der Waals surface area contributed by atoms with Crippen molar-refractivity contribution in [3.8, 4) is 11.5 Å². The highest BCUT2D eigenvalue weighted by Crippen LogP contribution is 2.27. The van der Waals surface area contributed by atoms with Gasteiger partial charge in [0.05, 0.1) is 14.2 Å². The minimum absolute atomic E-state index is 0.133. The lowest BCUT2D eigenvalue weighted by Crippen LogP contribution is -2.23. The molecule has 1 aromatic heterocycles. The van der Waals surface area contributed by atoms with Gasteiger partial charge in [-0.05, 0) is 42.7 Å². The lowest BCUT2D eigenvalue weighted by Gasteiger charge is -2.11. The average Bonchev–Trinajstić information content (AvgIpc) is 3.43. The van der Waals surface area contributed by atoms with Crippen LogP contribution in [0, 0.1) is 0 Å². The van der Waals surface area contributed by atoms with Gasteiger partial charge in [-0.3, -0.25) is 4.79 Å². The molecule has 1 aromatic carbocycles. The number of carbonyl (C=O) groups excluding carboxylic acids is 1.